The molecule has 0 fully saturated rings. The summed E-state index contributed by atoms with van der Waals surface area (Å²) in [6.07, 6.45) is 0. The molecule has 0 saturated heterocycles. The summed E-state index contributed by atoms with van der Waals surface area (Å²) in [5.74, 6) is -0.886. The molecular weight excluding hydrogens is 357 g/mol. The number of halogens is 1. The zero-order valence-corrected chi connectivity index (χ0v) is 15.4. The number of benzene rings is 1. The van der Waals surface area contributed by atoms with Crippen molar-refractivity contribution in [3.63, 3.8) is 0 Å². The smallest absolute Gasteiger partial charge is 0.324 e. The number of hydrogen-bond acceptors (Lipinski definition) is 5. The van der Waals surface area contributed by atoms with E-state index in [1.807, 2.05) is 13.8 Å². The minimum atomic E-state index is -0.503. The molecule has 136 valence electrons. The van der Waals surface area contributed by atoms with Gasteiger partial charge in [0.15, 0.2) is 5.65 Å². The number of fused-ring (bicyclic) bond motifs is 1. The Kier molecular flexibility index (Phi) is 5.08. The van der Waals surface area contributed by atoms with Gasteiger partial charge in [0.1, 0.15) is 17.4 Å². The summed E-state index contributed by atoms with van der Waals surface area (Å²) in [5, 5.41) is 11.9. The van der Waals surface area contributed by atoms with Crippen LogP contribution in [0.1, 0.15) is 19.4 Å². The number of carbonyl (C=O) groups excluding carboxylic acids is 1. The van der Waals surface area contributed by atoms with Gasteiger partial charge >= 0.3 is 5.69 Å². The van der Waals surface area contributed by atoms with Crippen LogP contribution in [0.4, 0.5) is 10.1 Å². The van der Waals surface area contributed by atoms with Crippen LogP contribution >= 0.6 is 11.8 Å². The van der Waals surface area contributed by atoms with Crippen molar-refractivity contribution in [2.75, 3.05) is 5.32 Å². The van der Waals surface area contributed by atoms with Gasteiger partial charge in [0.25, 0.3) is 0 Å². The van der Waals surface area contributed by atoms with Gasteiger partial charge in [-0.25, -0.2) is 13.9 Å². The fraction of sp³-hybridized carbons (Fsp3) is 0.294. The average molecular weight is 375 g/mol. The number of anilines is 1. The number of aromatic nitrogens is 4. The SMILES string of the molecule is Cc1ccc(NC(=O)Cn2nc3ccc(SC(C)C)nn3c2=O)cc1F. The predicted octanol–water partition coefficient (Wildman–Crippen LogP) is 2.48. The lowest BCUT2D eigenvalue weighted by molar-refractivity contribution is -0.117. The van der Waals surface area contributed by atoms with Gasteiger partial charge in [0.2, 0.25) is 5.91 Å². The highest BCUT2D eigenvalue weighted by Gasteiger charge is 2.13. The van der Waals surface area contributed by atoms with E-state index in [4.69, 9.17) is 0 Å². The molecule has 9 heteroatoms. The summed E-state index contributed by atoms with van der Waals surface area (Å²) < 4.78 is 15.8. The molecule has 0 bridgehead atoms. The molecule has 1 N–H and O–H groups in total. The number of nitrogens with zero attached hydrogens (tertiary/aromatic N) is 4. The van der Waals surface area contributed by atoms with Crippen LogP contribution in [0.5, 0.6) is 0 Å². The lowest BCUT2D eigenvalue weighted by Gasteiger charge is -2.05. The van der Waals surface area contributed by atoms with E-state index < -0.39 is 17.4 Å². The fourth-order valence-corrected chi connectivity index (χ4v) is 3.06. The van der Waals surface area contributed by atoms with E-state index in [1.54, 1.807) is 31.2 Å². The standard InChI is InChI=1S/C17H18FN5O2S/c1-10(2)26-16-7-6-14-20-22(17(25)23(14)21-16)9-15(24)19-12-5-4-11(3)13(18)8-12/h4-8,10H,9H2,1-3H3,(H,19,24). The Hall–Kier alpha value is -2.68. The summed E-state index contributed by atoms with van der Waals surface area (Å²) in [6.45, 7) is 5.41. The Morgan fingerprint density at radius 1 is 1.27 bits per heavy atom. The van der Waals surface area contributed by atoms with Crippen molar-refractivity contribution in [3.8, 4) is 0 Å². The van der Waals surface area contributed by atoms with Crippen molar-refractivity contribution in [2.24, 2.45) is 0 Å². The molecule has 0 atom stereocenters. The van der Waals surface area contributed by atoms with Crippen molar-refractivity contribution >= 4 is 29.0 Å². The summed E-state index contributed by atoms with van der Waals surface area (Å²) in [7, 11) is 0. The summed E-state index contributed by atoms with van der Waals surface area (Å²) in [5.41, 5.74) is 0.665. The molecule has 0 aliphatic rings. The lowest BCUT2D eigenvalue weighted by atomic mass is 10.2. The predicted molar refractivity (Wildman–Crippen MR) is 98.0 cm³/mol. The maximum absolute atomic E-state index is 13.6. The van der Waals surface area contributed by atoms with E-state index in [0.29, 0.717) is 27.2 Å². The number of amides is 1. The van der Waals surface area contributed by atoms with Crippen LogP contribution in [-0.2, 0) is 11.3 Å². The van der Waals surface area contributed by atoms with Crippen LogP contribution in [0.25, 0.3) is 5.65 Å². The van der Waals surface area contributed by atoms with Gasteiger partial charge in [-0.15, -0.1) is 16.9 Å². The Morgan fingerprint density at radius 2 is 2.04 bits per heavy atom. The molecule has 1 aromatic carbocycles. The highest BCUT2D eigenvalue weighted by atomic mass is 32.2. The van der Waals surface area contributed by atoms with Crippen LogP contribution in [0.3, 0.4) is 0 Å². The fourth-order valence-electron chi connectivity index (χ4n) is 2.31. The molecule has 26 heavy (non-hydrogen) atoms. The topological polar surface area (TPSA) is 81.3 Å². The highest BCUT2D eigenvalue weighted by molar-refractivity contribution is 7.99. The van der Waals surface area contributed by atoms with Crippen molar-refractivity contribution < 1.29 is 9.18 Å². The van der Waals surface area contributed by atoms with E-state index in [2.05, 4.69) is 15.5 Å². The largest absolute Gasteiger partial charge is 0.367 e. The Morgan fingerprint density at radius 3 is 2.73 bits per heavy atom. The average Bonchev–Trinajstić information content (AvgIpc) is 2.86. The molecule has 0 saturated carbocycles. The summed E-state index contributed by atoms with van der Waals surface area (Å²) in [6, 6.07) is 7.87. The van der Waals surface area contributed by atoms with E-state index in [9.17, 15) is 14.0 Å². The number of aryl methyl sites for hydroxylation is 1. The third-order valence-corrected chi connectivity index (χ3v) is 4.45. The Bertz CT molecular complexity index is 1030. The Labute approximate surface area is 153 Å². The van der Waals surface area contributed by atoms with Gasteiger partial charge in [0, 0.05) is 10.9 Å². The van der Waals surface area contributed by atoms with E-state index in [1.165, 1.54) is 22.3 Å². The Balaban J connectivity index is 1.79. The third kappa shape index (κ3) is 3.93. The number of carbonyl (C=O) groups is 1. The minimum absolute atomic E-state index is 0.287. The first-order valence-electron chi connectivity index (χ1n) is 8.03. The first-order valence-corrected chi connectivity index (χ1v) is 8.91. The second kappa shape index (κ2) is 7.28. The molecule has 0 unspecified atom stereocenters. The second-order valence-electron chi connectivity index (χ2n) is 6.06. The molecule has 0 aliphatic heterocycles. The molecule has 2 heterocycles. The molecule has 2 aromatic heterocycles. The minimum Gasteiger partial charge on any atom is -0.324 e. The molecular formula is C17H18FN5O2S. The van der Waals surface area contributed by atoms with Crippen LogP contribution in [0.15, 0.2) is 40.2 Å². The molecule has 7 nitrogen and oxygen atoms in total. The zero-order valence-electron chi connectivity index (χ0n) is 14.6. The summed E-state index contributed by atoms with van der Waals surface area (Å²) in [4.78, 5) is 24.6. The summed E-state index contributed by atoms with van der Waals surface area (Å²) >= 11 is 1.53. The molecule has 0 aliphatic carbocycles. The molecule has 3 aromatic rings. The van der Waals surface area contributed by atoms with Gasteiger partial charge in [0.05, 0.1) is 0 Å². The van der Waals surface area contributed by atoms with Gasteiger partial charge in [-0.3, -0.25) is 4.79 Å². The van der Waals surface area contributed by atoms with Crippen molar-refractivity contribution in [2.45, 2.75) is 37.6 Å². The van der Waals surface area contributed by atoms with Gasteiger partial charge in [-0.05, 0) is 36.8 Å². The number of hydrogen-bond donors (Lipinski definition) is 1. The third-order valence-electron chi connectivity index (χ3n) is 3.52. The molecule has 3 rings (SSSR count). The number of rotatable bonds is 5. The lowest BCUT2D eigenvalue weighted by Crippen LogP contribution is -2.28. The number of thioether (sulfide) groups is 1. The van der Waals surface area contributed by atoms with Crippen molar-refractivity contribution in [1.29, 1.82) is 0 Å². The van der Waals surface area contributed by atoms with E-state index in [0.717, 1.165) is 4.68 Å². The quantitative estimate of drug-likeness (QED) is 0.693. The highest BCUT2D eigenvalue weighted by Crippen LogP contribution is 2.19. The van der Waals surface area contributed by atoms with Gasteiger partial charge < -0.3 is 5.32 Å². The van der Waals surface area contributed by atoms with Crippen LogP contribution < -0.4 is 11.0 Å². The van der Waals surface area contributed by atoms with Gasteiger partial charge in [-0.2, -0.15) is 9.61 Å². The maximum Gasteiger partial charge on any atom is 0.367 e. The molecule has 0 spiro atoms. The van der Waals surface area contributed by atoms with Crippen LogP contribution in [-0.4, -0.2) is 30.6 Å². The number of nitrogens with one attached hydrogen (secondary N) is 1. The van der Waals surface area contributed by atoms with Crippen molar-refractivity contribution in [3.05, 3.63) is 52.2 Å². The monoisotopic (exact) mass is 375 g/mol. The first kappa shape index (κ1) is 18.1. The van der Waals surface area contributed by atoms with Crippen LogP contribution in [0.2, 0.25) is 0 Å². The van der Waals surface area contributed by atoms with Crippen molar-refractivity contribution in [1.82, 2.24) is 19.4 Å². The normalized spacial score (nSPS) is 11.3. The van der Waals surface area contributed by atoms with E-state index >= 15 is 0 Å². The van der Waals surface area contributed by atoms with Gasteiger partial charge in [-0.1, -0.05) is 19.9 Å². The molecule has 1 amide bonds. The molecule has 0 radical (unpaired) electrons. The van der Waals surface area contributed by atoms with Crippen LogP contribution in [0, 0.1) is 12.7 Å². The second-order valence-corrected chi connectivity index (χ2v) is 7.66. The zero-order chi connectivity index (χ0) is 18.8. The first-order chi connectivity index (χ1) is 12.3. The van der Waals surface area contributed by atoms with E-state index in [-0.39, 0.29) is 6.54 Å². The maximum atomic E-state index is 13.6.